The van der Waals surface area contributed by atoms with E-state index in [9.17, 15) is 0 Å². The van der Waals surface area contributed by atoms with Gasteiger partial charge in [-0.15, -0.1) is 17.8 Å². The zero-order chi connectivity index (χ0) is 8.27. The van der Waals surface area contributed by atoms with Crippen LogP contribution in [0, 0.1) is 12.3 Å². The molecule has 58 valence electrons. The number of terminal acetylenes is 1. The lowest BCUT2D eigenvalue weighted by Gasteiger charge is -2.06. The summed E-state index contributed by atoms with van der Waals surface area (Å²) in [4.78, 5) is 1.04. The average Bonchev–Trinajstić information content (AvgIpc) is 2.40. The Balaban J connectivity index is 2.92. The summed E-state index contributed by atoms with van der Waals surface area (Å²) in [5.41, 5.74) is 2.54. The Morgan fingerprint density at radius 3 is 2.91 bits per heavy atom. The summed E-state index contributed by atoms with van der Waals surface area (Å²) < 4.78 is 1.00. The molecule has 1 unspecified atom stereocenters. The summed E-state index contributed by atoms with van der Waals surface area (Å²) in [5, 5.41) is 1.96. The first-order valence-corrected chi connectivity index (χ1v) is 4.62. The lowest BCUT2D eigenvalue weighted by molar-refractivity contribution is 0.682. The monoisotopic (exact) mass is 230 g/mol. The summed E-state index contributed by atoms with van der Waals surface area (Å²) in [6.45, 7) is 0. The molecule has 11 heavy (non-hydrogen) atoms. The predicted molar refractivity (Wildman–Crippen MR) is 50.9 cm³/mol. The highest BCUT2D eigenvalue weighted by Gasteiger charge is 2.10. The third kappa shape index (κ3) is 1.82. The first-order chi connectivity index (χ1) is 5.29. The predicted octanol–water partition coefficient (Wildman–Crippen LogP) is 1.65. The van der Waals surface area contributed by atoms with Crippen molar-refractivity contribution in [1.29, 1.82) is 0 Å². The first kappa shape index (κ1) is 8.75. The molecule has 1 rings (SSSR count). The van der Waals surface area contributed by atoms with Crippen molar-refractivity contribution in [3.63, 3.8) is 0 Å². The van der Waals surface area contributed by atoms with Crippen molar-refractivity contribution in [1.82, 2.24) is 5.43 Å². The van der Waals surface area contributed by atoms with Crippen molar-refractivity contribution in [3.8, 4) is 12.3 Å². The average molecular weight is 231 g/mol. The van der Waals surface area contributed by atoms with Crippen molar-refractivity contribution >= 4 is 27.3 Å². The van der Waals surface area contributed by atoms with Gasteiger partial charge in [0, 0.05) is 9.35 Å². The summed E-state index contributed by atoms with van der Waals surface area (Å²) in [7, 11) is 0. The molecule has 0 aliphatic rings. The van der Waals surface area contributed by atoms with Crippen molar-refractivity contribution in [2.75, 3.05) is 0 Å². The Morgan fingerprint density at radius 1 is 1.82 bits per heavy atom. The summed E-state index contributed by atoms with van der Waals surface area (Å²) in [6, 6.07) is 1.76. The van der Waals surface area contributed by atoms with E-state index < -0.39 is 0 Å². The maximum absolute atomic E-state index is 5.24. The first-order valence-electron chi connectivity index (χ1n) is 2.94. The molecule has 1 aromatic rings. The number of rotatable bonds is 2. The van der Waals surface area contributed by atoms with Crippen LogP contribution < -0.4 is 11.3 Å². The van der Waals surface area contributed by atoms with E-state index in [0.717, 1.165) is 9.35 Å². The van der Waals surface area contributed by atoms with E-state index in [1.807, 2.05) is 11.4 Å². The summed E-state index contributed by atoms with van der Waals surface area (Å²) in [5.74, 6) is 7.78. The quantitative estimate of drug-likeness (QED) is 0.461. The SMILES string of the molecule is C#CC(NN)c1sccc1Br. The summed E-state index contributed by atoms with van der Waals surface area (Å²) in [6.07, 6.45) is 5.24. The van der Waals surface area contributed by atoms with Gasteiger partial charge in [-0.25, -0.2) is 5.43 Å². The second-order valence-electron chi connectivity index (χ2n) is 1.90. The van der Waals surface area contributed by atoms with Crippen LogP contribution in [0.2, 0.25) is 0 Å². The molecule has 0 fully saturated rings. The van der Waals surface area contributed by atoms with Crippen LogP contribution in [0.3, 0.4) is 0 Å². The van der Waals surface area contributed by atoms with Crippen LogP contribution in [-0.4, -0.2) is 0 Å². The van der Waals surface area contributed by atoms with Gasteiger partial charge in [0.15, 0.2) is 0 Å². The molecule has 0 saturated heterocycles. The van der Waals surface area contributed by atoms with E-state index in [2.05, 4.69) is 27.3 Å². The highest BCUT2D eigenvalue weighted by Crippen LogP contribution is 2.27. The van der Waals surface area contributed by atoms with Gasteiger partial charge >= 0.3 is 0 Å². The number of nitrogens with one attached hydrogen (secondary N) is 1. The van der Waals surface area contributed by atoms with Gasteiger partial charge in [-0.2, -0.15) is 0 Å². The number of nitrogens with two attached hydrogens (primary N) is 1. The van der Waals surface area contributed by atoms with E-state index >= 15 is 0 Å². The van der Waals surface area contributed by atoms with Gasteiger partial charge < -0.3 is 0 Å². The van der Waals surface area contributed by atoms with Crippen molar-refractivity contribution < 1.29 is 0 Å². The van der Waals surface area contributed by atoms with Gasteiger partial charge in [0.25, 0.3) is 0 Å². The molecule has 0 aliphatic heterocycles. The van der Waals surface area contributed by atoms with Gasteiger partial charge in [0.2, 0.25) is 0 Å². The highest BCUT2D eigenvalue weighted by molar-refractivity contribution is 9.10. The smallest absolute Gasteiger partial charge is 0.117 e. The van der Waals surface area contributed by atoms with E-state index in [1.54, 1.807) is 11.3 Å². The lowest BCUT2D eigenvalue weighted by Crippen LogP contribution is -2.26. The minimum atomic E-state index is -0.190. The van der Waals surface area contributed by atoms with Crippen LogP contribution in [0.5, 0.6) is 0 Å². The normalized spacial score (nSPS) is 12.5. The third-order valence-electron chi connectivity index (χ3n) is 1.24. The van der Waals surface area contributed by atoms with Crippen LogP contribution in [0.1, 0.15) is 10.9 Å². The largest absolute Gasteiger partial charge is 0.270 e. The molecule has 0 spiro atoms. The van der Waals surface area contributed by atoms with Crippen LogP contribution >= 0.6 is 27.3 Å². The number of hydrazine groups is 1. The van der Waals surface area contributed by atoms with Gasteiger partial charge in [-0.1, -0.05) is 5.92 Å². The third-order valence-corrected chi connectivity index (χ3v) is 3.18. The molecular weight excluding hydrogens is 224 g/mol. The Kier molecular flexibility index (Phi) is 3.09. The molecule has 0 radical (unpaired) electrons. The minimum absolute atomic E-state index is 0.190. The summed E-state index contributed by atoms with van der Waals surface area (Å²) >= 11 is 4.94. The van der Waals surface area contributed by atoms with Crippen molar-refractivity contribution in [2.45, 2.75) is 6.04 Å². The molecule has 2 nitrogen and oxygen atoms in total. The number of halogens is 1. The molecule has 1 aromatic heterocycles. The molecule has 0 saturated carbocycles. The fourth-order valence-electron chi connectivity index (χ4n) is 0.711. The lowest BCUT2D eigenvalue weighted by atomic mass is 10.3. The Labute approximate surface area is 77.9 Å². The van der Waals surface area contributed by atoms with Crippen LogP contribution in [0.25, 0.3) is 0 Å². The van der Waals surface area contributed by atoms with E-state index in [0.29, 0.717) is 0 Å². The molecule has 3 N–H and O–H groups in total. The van der Waals surface area contributed by atoms with E-state index in [4.69, 9.17) is 12.3 Å². The highest BCUT2D eigenvalue weighted by atomic mass is 79.9. The molecule has 0 bridgehead atoms. The van der Waals surface area contributed by atoms with Gasteiger partial charge in [0.05, 0.1) is 0 Å². The topological polar surface area (TPSA) is 38.0 Å². The Hall–Kier alpha value is -0.340. The number of hydrogen-bond acceptors (Lipinski definition) is 3. The standard InChI is InChI=1S/C7H7BrN2S/c1-2-6(10-9)7-5(8)3-4-11-7/h1,3-4,6,10H,9H2. The molecule has 0 aromatic carbocycles. The minimum Gasteiger partial charge on any atom is -0.270 e. The van der Waals surface area contributed by atoms with E-state index in [-0.39, 0.29) is 6.04 Å². The van der Waals surface area contributed by atoms with Crippen LogP contribution in [0.4, 0.5) is 0 Å². The zero-order valence-corrected chi connectivity index (χ0v) is 8.08. The van der Waals surface area contributed by atoms with Crippen molar-refractivity contribution in [3.05, 3.63) is 20.8 Å². The molecular formula is C7H7BrN2S. The fraction of sp³-hybridized carbons (Fsp3) is 0.143. The molecule has 4 heteroatoms. The van der Waals surface area contributed by atoms with Crippen molar-refractivity contribution in [2.24, 2.45) is 5.84 Å². The molecule has 1 heterocycles. The van der Waals surface area contributed by atoms with Crippen LogP contribution in [0.15, 0.2) is 15.9 Å². The van der Waals surface area contributed by atoms with Crippen LogP contribution in [-0.2, 0) is 0 Å². The van der Waals surface area contributed by atoms with Gasteiger partial charge in [-0.05, 0) is 27.4 Å². The maximum atomic E-state index is 5.24. The van der Waals surface area contributed by atoms with E-state index in [1.165, 1.54) is 0 Å². The Bertz CT molecular complexity index is 276. The molecule has 1 atom stereocenters. The number of thiophene rings is 1. The zero-order valence-electron chi connectivity index (χ0n) is 5.67. The number of hydrogen-bond donors (Lipinski definition) is 2. The maximum Gasteiger partial charge on any atom is 0.117 e. The fourth-order valence-corrected chi connectivity index (χ4v) is 2.33. The Morgan fingerprint density at radius 2 is 2.55 bits per heavy atom. The second-order valence-corrected chi connectivity index (χ2v) is 3.70. The van der Waals surface area contributed by atoms with Gasteiger partial charge in [-0.3, -0.25) is 5.84 Å². The van der Waals surface area contributed by atoms with Gasteiger partial charge in [0.1, 0.15) is 6.04 Å². The second kappa shape index (κ2) is 3.88. The molecule has 0 amide bonds. The molecule has 0 aliphatic carbocycles.